The molecule has 1 aromatic heterocycles. The van der Waals surface area contributed by atoms with Crippen LogP contribution in [0.2, 0.25) is 0 Å². The van der Waals surface area contributed by atoms with Gasteiger partial charge in [0.15, 0.2) is 0 Å². The fourth-order valence-corrected chi connectivity index (χ4v) is 1.32. The summed E-state index contributed by atoms with van der Waals surface area (Å²) in [7, 11) is 0. The number of pyridine rings is 1. The minimum absolute atomic E-state index is 0.0104. The van der Waals surface area contributed by atoms with E-state index in [9.17, 15) is 13.2 Å². The first kappa shape index (κ1) is 13.2. The molecule has 1 aromatic rings. The van der Waals surface area contributed by atoms with Gasteiger partial charge in [0.2, 0.25) is 0 Å². The maximum Gasteiger partial charge on any atom is 0.433 e. The first-order chi connectivity index (χ1) is 7.45. The van der Waals surface area contributed by atoms with Crippen LogP contribution in [0.15, 0.2) is 29.3 Å². The Morgan fingerprint density at radius 3 is 2.69 bits per heavy atom. The molecule has 0 bridgehead atoms. The SMILES string of the molecule is C=CCOCc1nc(C(F)(F)F)ccc1Br. The second kappa shape index (κ2) is 5.45. The number of hydrogen-bond donors (Lipinski definition) is 0. The average molecular weight is 296 g/mol. The Labute approximate surface area is 99.3 Å². The summed E-state index contributed by atoms with van der Waals surface area (Å²) < 4.78 is 42.6. The molecule has 0 aliphatic rings. The van der Waals surface area contributed by atoms with E-state index in [0.29, 0.717) is 4.47 Å². The van der Waals surface area contributed by atoms with Crippen molar-refractivity contribution in [2.75, 3.05) is 6.61 Å². The number of halogens is 4. The molecule has 0 atom stereocenters. The molecule has 0 N–H and O–H groups in total. The summed E-state index contributed by atoms with van der Waals surface area (Å²) >= 11 is 3.11. The highest BCUT2D eigenvalue weighted by Crippen LogP contribution is 2.29. The van der Waals surface area contributed by atoms with Crippen molar-refractivity contribution in [1.29, 1.82) is 0 Å². The van der Waals surface area contributed by atoms with Gasteiger partial charge in [-0.2, -0.15) is 13.2 Å². The van der Waals surface area contributed by atoms with Gasteiger partial charge in [-0.3, -0.25) is 0 Å². The molecule has 0 spiro atoms. The number of nitrogens with zero attached hydrogens (tertiary/aromatic N) is 1. The third-order valence-electron chi connectivity index (χ3n) is 1.68. The lowest BCUT2D eigenvalue weighted by Crippen LogP contribution is -2.10. The first-order valence-electron chi connectivity index (χ1n) is 4.36. The molecule has 0 unspecified atom stereocenters. The molecule has 0 amide bonds. The van der Waals surface area contributed by atoms with Gasteiger partial charge in [0, 0.05) is 4.47 Å². The third-order valence-corrected chi connectivity index (χ3v) is 2.41. The lowest BCUT2D eigenvalue weighted by Gasteiger charge is -2.09. The van der Waals surface area contributed by atoms with Crippen LogP contribution < -0.4 is 0 Å². The molecule has 6 heteroatoms. The Kier molecular flexibility index (Phi) is 4.49. The number of alkyl halides is 3. The summed E-state index contributed by atoms with van der Waals surface area (Å²) in [5, 5.41) is 0. The minimum Gasteiger partial charge on any atom is -0.371 e. The van der Waals surface area contributed by atoms with Crippen molar-refractivity contribution in [2.45, 2.75) is 12.8 Å². The second-order valence-electron chi connectivity index (χ2n) is 2.93. The molecule has 88 valence electrons. The zero-order valence-corrected chi connectivity index (χ0v) is 9.81. The first-order valence-corrected chi connectivity index (χ1v) is 5.15. The van der Waals surface area contributed by atoms with Crippen molar-refractivity contribution in [3.63, 3.8) is 0 Å². The summed E-state index contributed by atoms with van der Waals surface area (Å²) in [5.41, 5.74) is -0.704. The zero-order chi connectivity index (χ0) is 12.2. The second-order valence-corrected chi connectivity index (χ2v) is 3.78. The van der Waals surface area contributed by atoms with Gasteiger partial charge in [0.05, 0.1) is 18.9 Å². The van der Waals surface area contributed by atoms with E-state index in [2.05, 4.69) is 27.5 Å². The quantitative estimate of drug-likeness (QED) is 0.626. The Balaban J connectivity index is 2.86. The molecular weight excluding hydrogens is 287 g/mol. The molecule has 2 nitrogen and oxygen atoms in total. The lowest BCUT2D eigenvalue weighted by atomic mass is 10.3. The smallest absolute Gasteiger partial charge is 0.371 e. The fraction of sp³-hybridized carbons (Fsp3) is 0.300. The van der Waals surface area contributed by atoms with Gasteiger partial charge < -0.3 is 4.74 Å². The third kappa shape index (κ3) is 3.61. The van der Waals surface area contributed by atoms with Crippen molar-refractivity contribution in [3.8, 4) is 0 Å². The van der Waals surface area contributed by atoms with Crippen LogP contribution >= 0.6 is 15.9 Å². The molecule has 1 heterocycles. The van der Waals surface area contributed by atoms with E-state index in [-0.39, 0.29) is 18.9 Å². The highest BCUT2D eigenvalue weighted by Gasteiger charge is 2.32. The van der Waals surface area contributed by atoms with Gasteiger partial charge >= 0.3 is 6.18 Å². The van der Waals surface area contributed by atoms with Crippen LogP contribution in [0.4, 0.5) is 13.2 Å². The van der Waals surface area contributed by atoms with E-state index < -0.39 is 11.9 Å². The van der Waals surface area contributed by atoms with Gasteiger partial charge in [-0.15, -0.1) is 6.58 Å². The predicted octanol–water partition coefficient (Wildman–Crippen LogP) is 3.57. The number of aromatic nitrogens is 1. The van der Waals surface area contributed by atoms with Gasteiger partial charge in [-0.05, 0) is 28.1 Å². The molecule has 0 aliphatic heterocycles. The van der Waals surface area contributed by atoms with E-state index in [0.717, 1.165) is 6.07 Å². The van der Waals surface area contributed by atoms with E-state index in [1.807, 2.05) is 0 Å². The summed E-state index contributed by atoms with van der Waals surface area (Å²) in [4.78, 5) is 3.48. The largest absolute Gasteiger partial charge is 0.433 e. The van der Waals surface area contributed by atoms with Gasteiger partial charge in [0.1, 0.15) is 5.69 Å². The monoisotopic (exact) mass is 295 g/mol. The molecule has 0 saturated heterocycles. The van der Waals surface area contributed by atoms with Crippen LogP contribution in [-0.2, 0) is 17.5 Å². The van der Waals surface area contributed by atoms with Crippen LogP contribution in [0.1, 0.15) is 11.4 Å². The van der Waals surface area contributed by atoms with Gasteiger partial charge in [-0.25, -0.2) is 4.98 Å². The molecule has 0 fully saturated rings. The maximum atomic E-state index is 12.4. The van der Waals surface area contributed by atoms with Crippen LogP contribution in [0.5, 0.6) is 0 Å². The Hall–Kier alpha value is -0.880. The predicted molar refractivity (Wildman–Crippen MR) is 56.8 cm³/mol. The summed E-state index contributed by atoms with van der Waals surface area (Å²) in [6.45, 7) is 3.71. The molecular formula is C10H9BrF3NO. The Morgan fingerprint density at radius 2 is 2.12 bits per heavy atom. The summed E-state index contributed by atoms with van der Waals surface area (Å²) in [6.07, 6.45) is -2.92. The number of rotatable bonds is 4. The molecule has 0 aromatic carbocycles. The molecule has 16 heavy (non-hydrogen) atoms. The number of hydrogen-bond acceptors (Lipinski definition) is 2. The Bertz CT molecular complexity index is 379. The van der Waals surface area contributed by atoms with Gasteiger partial charge in [-0.1, -0.05) is 6.08 Å². The summed E-state index contributed by atoms with van der Waals surface area (Å²) in [6, 6.07) is 2.23. The molecule has 0 aliphatic carbocycles. The maximum absolute atomic E-state index is 12.4. The fourth-order valence-electron chi connectivity index (χ4n) is 0.982. The van der Waals surface area contributed by atoms with E-state index in [1.54, 1.807) is 0 Å². The van der Waals surface area contributed by atoms with Crippen LogP contribution in [0, 0.1) is 0 Å². The van der Waals surface area contributed by atoms with Crippen molar-refractivity contribution in [2.24, 2.45) is 0 Å². The van der Waals surface area contributed by atoms with Crippen molar-refractivity contribution in [1.82, 2.24) is 4.98 Å². The molecule has 0 radical (unpaired) electrons. The van der Waals surface area contributed by atoms with Gasteiger partial charge in [0.25, 0.3) is 0 Å². The van der Waals surface area contributed by atoms with Crippen LogP contribution in [0.25, 0.3) is 0 Å². The standard InChI is InChI=1S/C10H9BrF3NO/c1-2-5-16-6-8-7(11)3-4-9(15-8)10(12,13)14/h2-4H,1,5-6H2. The summed E-state index contributed by atoms with van der Waals surface area (Å²) in [5.74, 6) is 0. The van der Waals surface area contributed by atoms with E-state index in [1.165, 1.54) is 12.1 Å². The Morgan fingerprint density at radius 1 is 1.44 bits per heavy atom. The topological polar surface area (TPSA) is 22.1 Å². The highest BCUT2D eigenvalue weighted by atomic mass is 79.9. The zero-order valence-electron chi connectivity index (χ0n) is 8.22. The van der Waals surface area contributed by atoms with Crippen molar-refractivity contribution >= 4 is 15.9 Å². The average Bonchev–Trinajstić information content (AvgIpc) is 2.19. The normalized spacial score (nSPS) is 11.5. The lowest BCUT2D eigenvalue weighted by molar-refractivity contribution is -0.141. The van der Waals surface area contributed by atoms with Crippen LogP contribution in [0.3, 0.4) is 0 Å². The van der Waals surface area contributed by atoms with E-state index >= 15 is 0 Å². The minimum atomic E-state index is -4.44. The number of ether oxygens (including phenoxy) is 1. The molecule has 1 rings (SSSR count). The van der Waals surface area contributed by atoms with Crippen LogP contribution in [-0.4, -0.2) is 11.6 Å². The van der Waals surface area contributed by atoms with Crippen molar-refractivity contribution in [3.05, 3.63) is 40.6 Å². The molecule has 0 saturated carbocycles. The van der Waals surface area contributed by atoms with Crippen molar-refractivity contribution < 1.29 is 17.9 Å². The highest BCUT2D eigenvalue weighted by molar-refractivity contribution is 9.10. The van der Waals surface area contributed by atoms with E-state index in [4.69, 9.17) is 4.74 Å².